The summed E-state index contributed by atoms with van der Waals surface area (Å²) in [5.74, 6) is 0. The molecule has 3 heteroatoms. The fraction of sp³-hybridized carbons (Fsp3) is 1.00. The van der Waals surface area contributed by atoms with Crippen LogP contribution in [-0.2, 0) is 10.6 Å². The van der Waals surface area contributed by atoms with Crippen LogP contribution in [0.15, 0.2) is 0 Å². The first-order chi connectivity index (χ1) is 3.12. The van der Waals surface area contributed by atoms with Gasteiger partial charge in [-0.25, -0.2) is 0 Å². The van der Waals surface area contributed by atoms with E-state index in [0.717, 1.165) is 10.8 Å². The SMILES string of the molecule is C[CH2][Ni]([Cl])([Cl])[CH2]C. The normalized spacial score (nSPS) is 14.3. The van der Waals surface area contributed by atoms with Crippen LogP contribution in [0, 0.1) is 0 Å². The van der Waals surface area contributed by atoms with Gasteiger partial charge in [0.1, 0.15) is 0 Å². The summed E-state index contributed by atoms with van der Waals surface area (Å²) in [5.41, 5.74) is 0. The van der Waals surface area contributed by atoms with E-state index >= 15 is 0 Å². The van der Waals surface area contributed by atoms with Gasteiger partial charge in [0.25, 0.3) is 0 Å². The molecule has 0 aromatic heterocycles. The van der Waals surface area contributed by atoms with Crippen molar-refractivity contribution >= 4 is 20.4 Å². The Morgan fingerprint density at radius 1 is 1.14 bits per heavy atom. The topological polar surface area (TPSA) is 0 Å². The molecule has 0 aromatic carbocycles. The molecule has 0 heterocycles. The van der Waals surface area contributed by atoms with Gasteiger partial charge in [-0.15, -0.1) is 0 Å². The Balaban J connectivity index is 3.36. The second-order valence-electron chi connectivity index (χ2n) is 0.989. The van der Waals surface area contributed by atoms with Crippen LogP contribution in [0.5, 0.6) is 0 Å². The van der Waals surface area contributed by atoms with Crippen molar-refractivity contribution in [3.63, 3.8) is 0 Å². The van der Waals surface area contributed by atoms with Gasteiger partial charge in [-0.3, -0.25) is 0 Å². The molecule has 0 aliphatic carbocycles. The predicted molar refractivity (Wildman–Crippen MR) is 32.7 cm³/mol. The van der Waals surface area contributed by atoms with E-state index in [1.165, 1.54) is 0 Å². The van der Waals surface area contributed by atoms with Crippen molar-refractivity contribution < 1.29 is 10.6 Å². The van der Waals surface area contributed by atoms with Gasteiger partial charge < -0.3 is 0 Å². The minimum absolute atomic E-state index is 0.920. The molecule has 0 radical (unpaired) electrons. The third kappa shape index (κ3) is 3.64. The van der Waals surface area contributed by atoms with Crippen molar-refractivity contribution in [2.75, 3.05) is 0 Å². The molecule has 0 spiro atoms. The number of rotatable bonds is 2. The summed E-state index contributed by atoms with van der Waals surface area (Å²) in [6.45, 7) is 4.03. The van der Waals surface area contributed by atoms with Crippen molar-refractivity contribution in [3.8, 4) is 0 Å². The van der Waals surface area contributed by atoms with Crippen LogP contribution >= 0.6 is 20.4 Å². The third-order valence-electron chi connectivity index (χ3n) is 0.654. The third-order valence-corrected chi connectivity index (χ3v) is 5.49. The molecule has 0 aliphatic heterocycles. The molecular weight excluding hydrogens is 178 g/mol. The molecule has 0 aromatic rings. The second-order valence-corrected chi connectivity index (χ2v) is 8.35. The van der Waals surface area contributed by atoms with Gasteiger partial charge in [-0.2, -0.15) is 0 Å². The summed E-state index contributed by atoms with van der Waals surface area (Å²) in [6, 6.07) is 0. The first kappa shape index (κ1) is 8.07. The molecule has 0 aliphatic rings. The van der Waals surface area contributed by atoms with Crippen molar-refractivity contribution in [1.29, 1.82) is 0 Å². The van der Waals surface area contributed by atoms with E-state index in [4.69, 9.17) is 20.4 Å². The molecule has 7 heavy (non-hydrogen) atoms. The average molecular weight is 188 g/mol. The standard InChI is InChI=1S/2C2H5.2ClH.Ni/c2*1-2;;;/h2*1H2,2H3;2*1H;/q;;;;+2/p-2. The maximum atomic E-state index is 5.76. The zero-order chi connectivity index (χ0) is 5.91. The van der Waals surface area contributed by atoms with Crippen molar-refractivity contribution in [1.82, 2.24) is 0 Å². The maximum absolute atomic E-state index is 5.76. The van der Waals surface area contributed by atoms with Crippen LogP contribution < -0.4 is 0 Å². The van der Waals surface area contributed by atoms with Crippen molar-refractivity contribution in [2.24, 2.45) is 0 Å². The molecule has 0 atom stereocenters. The molecule has 0 unspecified atom stereocenters. The molecule has 0 bridgehead atoms. The van der Waals surface area contributed by atoms with Crippen LogP contribution in [0.4, 0.5) is 0 Å². The van der Waals surface area contributed by atoms with E-state index in [-0.39, 0.29) is 0 Å². The minimum atomic E-state index is -1.31. The monoisotopic (exact) mass is 186 g/mol. The van der Waals surface area contributed by atoms with E-state index < -0.39 is 10.6 Å². The number of hydrogen-bond acceptors (Lipinski definition) is 0. The summed E-state index contributed by atoms with van der Waals surface area (Å²) < 4.78 is 0. The van der Waals surface area contributed by atoms with Crippen molar-refractivity contribution in [3.05, 3.63) is 0 Å². The quantitative estimate of drug-likeness (QED) is 0.582. The van der Waals surface area contributed by atoms with E-state index in [9.17, 15) is 0 Å². The summed E-state index contributed by atoms with van der Waals surface area (Å²) >= 11 is 0. The molecule has 0 N–H and O–H groups in total. The average Bonchev–Trinajstić information content (AvgIpc) is 1.68. The number of halogens is 2. The van der Waals surface area contributed by atoms with Gasteiger partial charge >= 0.3 is 55.6 Å². The Labute approximate surface area is 55.8 Å². The van der Waals surface area contributed by atoms with Gasteiger partial charge in [0.2, 0.25) is 0 Å². The van der Waals surface area contributed by atoms with Crippen LogP contribution in [-0.4, -0.2) is 0 Å². The summed E-state index contributed by atoms with van der Waals surface area (Å²) in [7, 11) is 10.2. The second kappa shape index (κ2) is 3.17. The van der Waals surface area contributed by atoms with Crippen LogP contribution in [0.2, 0.25) is 10.8 Å². The van der Waals surface area contributed by atoms with E-state index in [1.807, 2.05) is 13.8 Å². The van der Waals surface area contributed by atoms with Crippen molar-refractivity contribution in [2.45, 2.75) is 24.6 Å². The molecule has 0 rings (SSSR count). The molecule has 0 saturated carbocycles. The Bertz CT molecular complexity index is 47.7. The van der Waals surface area contributed by atoms with Gasteiger partial charge in [0, 0.05) is 0 Å². The molecule has 0 nitrogen and oxygen atoms in total. The number of hydrogen-bond donors (Lipinski definition) is 0. The van der Waals surface area contributed by atoms with Gasteiger partial charge in [-0.1, -0.05) is 0 Å². The molecular formula is C4H10Cl2Ni. The summed E-state index contributed by atoms with van der Waals surface area (Å²) in [6.07, 6.45) is 0. The van der Waals surface area contributed by atoms with Crippen LogP contribution in [0.25, 0.3) is 0 Å². The van der Waals surface area contributed by atoms with Crippen LogP contribution in [0.1, 0.15) is 13.8 Å². The first-order valence-corrected chi connectivity index (χ1v) is 6.21. The van der Waals surface area contributed by atoms with Gasteiger partial charge in [0.15, 0.2) is 0 Å². The zero-order valence-corrected chi connectivity index (χ0v) is 6.99. The molecule has 0 saturated heterocycles. The zero-order valence-electron chi connectivity index (χ0n) is 4.49. The first-order valence-electron chi connectivity index (χ1n) is 2.10. The molecule has 50 valence electrons. The van der Waals surface area contributed by atoms with Gasteiger partial charge in [0.05, 0.1) is 0 Å². The molecule has 0 fully saturated rings. The van der Waals surface area contributed by atoms with E-state index in [0.29, 0.717) is 0 Å². The fourth-order valence-electron chi connectivity index (χ4n) is 0.158. The Morgan fingerprint density at radius 3 is 1.43 bits per heavy atom. The summed E-state index contributed by atoms with van der Waals surface area (Å²) in [5, 5.41) is 1.84. The predicted octanol–water partition coefficient (Wildman–Crippen LogP) is 3.32. The van der Waals surface area contributed by atoms with E-state index in [2.05, 4.69) is 0 Å². The summed E-state index contributed by atoms with van der Waals surface area (Å²) in [4.78, 5) is 0. The Morgan fingerprint density at radius 2 is 1.43 bits per heavy atom. The Hall–Kier alpha value is 1.07. The van der Waals surface area contributed by atoms with E-state index in [1.54, 1.807) is 0 Å². The fourth-order valence-corrected chi connectivity index (χ4v) is 0.652. The van der Waals surface area contributed by atoms with Gasteiger partial charge in [-0.05, 0) is 0 Å². The van der Waals surface area contributed by atoms with Crippen LogP contribution in [0.3, 0.4) is 0 Å². The Kier molecular flexibility index (Phi) is 3.66. The molecule has 0 amide bonds.